The van der Waals surface area contributed by atoms with Crippen molar-refractivity contribution in [3.8, 4) is 0 Å². The van der Waals surface area contributed by atoms with Crippen LogP contribution in [0.15, 0.2) is 0 Å². The number of nitrogens with two attached hydrogens (primary N) is 1. The quantitative estimate of drug-likeness (QED) is 0.543. The Labute approximate surface area is 57.2 Å². The van der Waals surface area contributed by atoms with Crippen LogP contribution in [0.25, 0.3) is 0 Å². The van der Waals surface area contributed by atoms with Crippen molar-refractivity contribution in [3.63, 3.8) is 0 Å². The Kier molecular flexibility index (Phi) is 4.71. The summed E-state index contributed by atoms with van der Waals surface area (Å²) >= 11 is 0. The Morgan fingerprint density at radius 1 is 1.56 bits per heavy atom. The van der Waals surface area contributed by atoms with Crippen LogP contribution in [0.3, 0.4) is 0 Å². The number of rotatable bonds is 4. The van der Waals surface area contributed by atoms with E-state index in [1.165, 1.54) is 0 Å². The molecule has 0 aliphatic heterocycles. The predicted octanol–water partition coefficient (Wildman–Crippen LogP) is -0.275. The van der Waals surface area contributed by atoms with Crippen molar-refractivity contribution in [1.29, 1.82) is 0 Å². The van der Waals surface area contributed by atoms with Crippen molar-refractivity contribution in [1.82, 2.24) is 0 Å². The van der Waals surface area contributed by atoms with Gasteiger partial charge in [-0.3, -0.25) is 0 Å². The minimum absolute atomic E-state index is 0.128. The predicted molar refractivity (Wildman–Crippen MR) is 38.1 cm³/mol. The van der Waals surface area contributed by atoms with Crippen LogP contribution >= 0.6 is 0 Å². The summed E-state index contributed by atoms with van der Waals surface area (Å²) in [5.41, 5.74) is 5.40. The molecule has 9 heavy (non-hydrogen) atoms. The fourth-order valence-electron chi connectivity index (χ4n) is 0.654. The molecular formula is C5H13NO2S. The molecule has 0 aromatic heterocycles. The molecule has 1 unspecified atom stereocenters. The van der Waals surface area contributed by atoms with Gasteiger partial charge in [-0.2, -0.15) is 0 Å². The number of hydrogen-bond acceptors (Lipinski definition) is 3. The molecule has 0 fully saturated rings. The second kappa shape index (κ2) is 4.76. The lowest BCUT2D eigenvalue weighted by Gasteiger charge is -2.02. The second-order valence-electron chi connectivity index (χ2n) is 2.06. The molecule has 2 N–H and O–H groups in total. The zero-order chi connectivity index (χ0) is 7.28. The van der Waals surface area contributed by atoms with E-state index in [1.54, 1.807) is 0 Å². The zero-order valence-electron chi connectivity index (χ0n) is 5.54. The summed E-state index contributed by atoms with van der Waals surface area (Å²) in [5, 5.41) is 0. The first-order valence-electron chi connectivity index (χ1n) is 3.04. The highest BCUT2D eigenvalue weighted by Crippen LogP contribution is 1.91. The fourth-order valence-corrected chi connectivity index (χ4v) is 1.22. The molecule has 0 radical (unpaired) electrons. The van der Waals surface area contributed by atoms with Crippen LogP contribution < -0.4 is 5.73 Å². The molecule has 0 amide bonds. The van der Waals surface area contributed by atoms with Crippen molar-refractivity contribution >= 4 is 10.7 Å². The maximum Gasteiger partial charge on any atom is 0.141 e. The largest absolute Gasteiger partial charge is 0.327 e. The highest BCUT2D eigenvalue weighted by atomic mass is 32.2. The molecule has 4 heteroatoms. The lowest BCUT2D eigenvalue weighted by atomic mass is 10.2. The molecule has 0 saturated heterocycles. The third-order valence-electron chi connectivity index (χ3n) is 1.04. The minimum atomic E-state index is -2.28. The topological polar surface area (TPSA) is 60.2 Å². The van der Waals surface area contributed by atoms with Crippen LogP contribution in [-0.2, 0) is 10.7 Å². The van der Waals surface area contributed by atoms with Crippen LogP contribution in [0.1, 0.15) is 19.8 Å². The fraction of sp³-hybridized carbons (Fsp3) is 1.00. The first-order valence-corrected chi connectivity index (χ1v) is 4.40. The molecule has 0 aromatic carbocycles. The van der Waals surface area contributed by atoms with Crippen molar-refractivity contribution in [2.45, 2.75) is 25.8 Å². The van der Waals surface area contributed by atoms with Gasteiger partial charge in [0.25, 0.3) is 0 Å². The Morgan fingerprint density at radius 3 is 2.44 bits per heavy atom. The molecule has 0 heterocycles. The molecule has 1 atom stereocenters. The number of hydrogen-bond donors (Lipinski definition) is 2. The smallest absolute Gasteiger partial charge is 0.141 e. The van der Waals surface area contributed by atoms with Crippen LogP contribution in [0.2, 0.25) is 0 Å². The Bertz CT molecular complexity index is 125. The minimum Gasteiger partial charge on any atom is -0.327 e. The van der Waals surface area contributed by atoms with E-state index in [4.69, 9.17) is 5.73 Å². The Hall–Kier alpha value is -0.0900. The molecule has 56 valence electrons. The van der Waals surface area contributed by atoms with Crippen LogP contribution in [0.5, 0.6) is 0 Å². The molecule has 0 rings (SSSR count). The van der Waals surface area contributed by atoms with E-state index in [1.807, 2.05) is 6.92 Å². The third kappa shape index (κ3) is 5.79. The van der Waals surface area contributed by atoms with Crippen molar-refractivity contribution in [3.05, 3.63) is 0 Å². The van der Waals surface area contributed by atoms with Gasteiger partial charge in [0.05, 0.1) is 5.75 Å². The van der Waals surface area contributed by atoms with Gasteiger partial charge in [-0.1, -0.05) is 13.3 Å². The summed E-state index contributed by atoms with van der Waals surface area (Å²) in [6.45, 7) is 1.98. The molecule has 0 bridgehead atoms. The van der Waals surface area contributed by atoms with E-state index < -0.39 is 10.7 Å². The monoisotopic (exact) mass is 151 g/mol. The van der Waals surface area contributed by atoms with Crippen molar-refractivity contribution in [2.24, 2.45) is 5.73 Å². The average molecular weight is 151 g/mol. The second-order valence-corrected chi connectivity index (χ2v) is 3.09. The first-order chi connectivity index (χ1) is 4.16. The van der Waals surface area contributed by atoms with E-state index in [0.717, 1.165) is 12.8 Å². The lowest BCUT2D eigenvalue weighted by molar-refractivity contribution is 0.594. The van der Waals surface area contributed by atoms with Crippen molar-refractivity contribution in [2.75, 3.05) is 5.75 Å². The van der Waals surface area contributed by atoms with Gasteiger partial charge in [-0.25, -0.2) is 8.42 Å². The van der Waals surface area contributed by atoms with Gasteiger partial charge in [-0.05, 0) is 6.42 Å². The van der Waals surface area contributed by atoms with Gasteiger partial charge >= 0.3 is 0 Å². The van der Waals surface area contributed by atoms with E-state index in [-0.39, 0.29) is 11.8 Å². The molecule has 0 aliphatic rings. The maximum atomic E-state index is 10.0. The Balaban J connectivity index is 3.37. The van der Waals surface area contributed by atoms with Gasteiger partial charge < -0.3 is 5.73 Å². The van der Waals surface area contributed by atoms with Crippen LogP contribution in [0.4, 0.5) is 0 Å². The van der Waals surface area contributed by atoms with Gasteiger partial charge in [0.2, 0.25) is 0 Å². The van der Waals surface area contributed by atoms with E-state index in [2.05, 4.69) is 0 Å². The molecule has 0 aromatic rings. The standard InChI is InChI=1S/C5H13NO2S/c1-2-3-5(6)4-9(7)8/h5,9H,2-4,6H2,1H3. The summed E-state index contributed by atoms with van der Waals surface area (Å²) in [4.78, 5) is 0. The highest BCUT2D eigenvalue weighted by molar-refractivity contribution is 7.72. The normalized spacial score (nSPS) is 14.1. The maximum absolute atomic E-state index is 10.0. The molecular weight excluding hydrogens is 138 g/mol. The summed E-state index contributed by atoms with van der Waals surface area (Å²) in [5.74, 6) is 0.128. The summed E-state index contributed by atoms with van der Waals surface area (Å²) in [7, 11) is -2.28. The van der Waals surface area contributed by atoms with Crippen LogP contribution in [0, 0.1) is 0 Å². The summed E-state index contributed by atoms with van der Waals surface area (Å²) in [6.07, 6.45) is 1.74. The molecule has 0 spiro atoms. The highest BCUT2D eigenvalue weighted by Gasteiger charge is 2.00. The van der Waals surface area contributed by atoms with Gasteiger partial charge in [0, 0.05) is 6.04 Å². The van der Waals surface area contributed by atoms with E-state index in [9.17, 15) is 8.42 Å². The van der Waals surface area contributed by atoms with Gasteiger partial charge in [0.15, 0.2) is 0 Å². The first kappa shape index (κ1) is 8.91. The summed E-state index contributed by atoms with van der Waals surface area (Å²) < 4.78 is 20.1. The third-order valence-corrected chi connectivity index (χ3v) is 1.81. The van der Waals surface area contributed by atoms with E-state index >= 15 is 0 Å². The Morgan fingerprint density at radius 2 is 2.11 bits per heavy atom. The van der Waals surface area contributed by atoms with Gasteiger partial charge in [0.1, 0.15) is 10.7 Å². The van der Waals surface area contributed by atoms with Gasteiger partial charge in [-0.15, -0.1) is 0 Å². The molecule has 0 aliphatic carbocycles. The number of thiol groups is 1. The van der Waals surface area contributed by atoms with Crippen molar-refractivity contribution < 1.29 is 8.42 Å². The molecule has 3 nitrogen and oxygen atoms in total. The zero-order valence-corrected chi connectivity index (χ0v) is 6.43. The van der Waals surface area contributed by atoms with E-state index in [0.29, 0.717) is 0 Å². The van der Waals surface area contributed by atoms with Crippen LogP contribution in [-0.4, -0.2) is 20.2 Å². The average Bonchev–Trinajstić information content (AvgIpc) is 1.63. The summed E-state index contributed by atoms with van der Waals surface area (Å²) in [6, 6.07) is -0.156. The lowest BCUT2D eigenvalue weighted by Crippen LogP contribution is -2.24. The molecule has 0 saturated carbocycles. The SMILES string of the molecule is CCCC(N)C[SH](=O)=O.